The number of thiophene rings is 1. The third-order valence-electron chi connectivity index (χ3n) is 4.83. The van der Waals surface area contributed by atoms with Gasteiger partial charge >= 0.3 is 5.97 Å². The summed E-state index contributed by atoms with van der Waals surface area (Å²) < 4.78 is 5.18. The Labute approximate surface area is 165 Å². The lowest BCUT2D eigenvalue weighted by Crippen LogP contribution is -2.36. The number of carbonyl (C=O) groups excluding carboxylic acids is 3. The van der Waals surface area contributed by atoms with Gasteiger partial charge in [-0.25, -0.2) is 4.79 Å². The SMILES string of the molecule is CCOC(=O)c1c(NC(=O)CC2SC3=NCCCN3C2=O)sc2c1CCC2. The average Bonchev–Trinajstić information content (AvgIpc) is 3.29. The fourth-order valence-corrected chi connectivity index (χ4v) is 6.11. The third-order valence-corrected chi connectivity index (χ3v) is 7.25. The van der Waals surface area contributed by atoms with Crippen LogP contribution in [0.1, 0.15) is 47.0 Å². The number of nitrogens with zero attached hydrogens (tertiary/aromatic N) is 2. The van der Waals surface area contributed by atoms with Crippen LogP contribution in [0.3, 0.4) is 0 Å². The molecule has 144 valence electrons. The fraction of sp³-hybridized carbons (Fsp3) is 0.556. The van der Waals surface area contributed by atoms with E-state index in [-0.39, 0.29) is 24.2 Å². The molecule has 1 fully saturated rings. The molecule has 0 bridgehead atoms. The van der Waals surface area contributed by atoms with Crippen molar-refractivity contribution in [2.24, 2.45) is 4.99 Å². The summed E-state index contributed by atoms with van der Waals surface area (Å²) in [6.45, 7) is 3.47. The highest BCUT2D eigenvalue weighted by Gasteiger charge is 2.40. The van der Waals surface area contributed by atoms with Crippen LogP contribution in [-0.2, 0) is 27.2 Å². The van der Waals surface area contributed by atoms with Crippen LogP contribution in [0, 0.1) is 0 Å². The molecular formula is C18H21N3O4S2. The molecule has 1 aromatic rings. The first-order valence-electron chi connectivity index (χ1n) is 9.22. The molecule has 4 rings (SSSR count). The van der Waals surface area contributed by atoms with Gasteiger partial charge in [-0.3, -0.25) is 19.5 Å². The lowest BCUT2D eigenvalue weighted by molar-refractivity contribution is -0.128. The zero-order valence-corrected chi connectivity index (χ0v) is 16.7. The minimum atomic E-state index is -0.445. The van der Waals surface area contributed by atoms with E-state index < -0.39 is 5.25 Å². The zero-order chi connectivity index (χ0) is 19.0. The van der Waals surface area contributed by atoms with Gasteiger partial charge in [-0.15, -0.1) is 11.3 Å². The summed E-state index contributed by atoms with van der Waals surface area (Å²) in [6.07, 6.45) is 3.71. The summed E-state index contributed by atoms with van der Waals surface area (Å²) in [5.41, 5.74) is 1.50. The van der Waals surface area contributed by atoms with Gasteiger partial charge in [-0.05, 0) is 38.2 Å². The van der Waals surface area contributed by atoms with Crippen molar-refractivity contribution in [2.75, 3.05) is 25.0 Å². The second kappa shape index (κ2) is 7.63. The first-order valence-corrected chi connectivity index (χ1v) is 10.9. The summed E-state index contributed by atoms with van der Waals surface area (Å²) >= 11 is 2.81. The Morgan fingerprint density at radius 2 is 2.19 bits per heavy atom. The van der Waals surface area contributed by atoms with Crippen LogP contribution in [0.2, 0.25) is 0 Å². The number of amides is 2. The van der Waals surface area contributed by atoms with Crippen molar-refractivity contribution in [2.45, 2.75) is 44.3 Å². The first-order chi connectivity index (χ1) is 13.1. The van der Waals surface area contributed by atoms with E-state index in [0.717, 1.165) is 47.8 Å². The Morgan fingerprint density at radius 1 is 1.33 bits per heavy atom. The number of aliphatic imine (C=N–C) groups is 1. The minimum absolute atomic E-state index is 0.0482. The smallest absolute Gasteiger partial charge is 0.341 e. The highest BCUT2D eigenvalue weighted by atomic mass is 32.2. The number of hydrogen-bond donors (Lipinski definition) is 1. The van der Waals surface area contributed by atoms with Crippen molar-refractivity contribution in [3.63, 3.8) is 0 Å². The van der Waals surface area contributed by atoms with E-state index >= 15 is 0 Å². The molecule has 1 atom stereocenters. The average molecular weight is 408 g/mol. The van der Waals surface area contributed by atoms with Gasteiger partial charge in [0.15, 0.2) is 5.17 Å². The monoisotopic (exact) mass is 407 g/mol. The fourth-order valence-electron chi connectivity index (χ4n) is 3.63. The van der Waals surface area contributed by atoms with Gasteiger partial charge < -0.3 is 10.1 Å². The summed E-state index contributed by atoms with van der Waals surface area (Å²) in [5, 5.41) is 3.70. The molecule has 1 unspecified atom stereocenters. The normalized spacial score (nSPS) is 20.9. The molecule has 27 heavy (non-hydrogen) atoms. The number of ether oxygens (including phenoxy) is 1. The molecule has 0 saturated carbocycles. The topological polar surface area (TPSA) is 88.1 Å². The van der Waals surface area contributed by atoms with Crippen molar-refractivity contribution in [3.8, 4) is 0 Å². The van der Waals surface area contributed by atoms with Crippen LogP contribution in [0.15, 0.2) is 4.99 Å². The number of amidine groups is 1. The third kappa shape index (κ3) is 3.50. The van der Waals surface area contributed by atoms with E-state index in [1.165, 1.54) is 23.1 Å². The molecule has 3 heterocycles. The Hall–Kier alpha value is -1.87. The molecule has 2 amide bonds. The van der Waals surface area contributed by atoms with E-state index in [1.54, 1.807) is 11.8 Å². The van der Waals surface area contributed by atoms with Crippen LogP contribution in [0.4, 0.5) is 5.00 Å². The molecule has 0 spiro atoms. The molecule has 0 radical (unpaired) electrons. The van der Waals surface area contributed by atoms with Gasteiger partial charge in [0.25, 0.3) is 0 Å². The number of carbonyl (C=O) groups is 3. The Bertz CT molecular complexity index is 833. The number of thioether (sulfide) groups is 1. The molecule has 7 nitrogen and oxygen atoms in total. The van der Waals surface area contributed by atoms with Crippen molar-refractivity contribution in [1.29, 1.82) is 0 Å². The number of hydrogen-bond acceptors (Lipinski definition) is 7. The van der Waals surface area contributed by atoms with E-state index in [2.05, 4.69) is 10.3 Å². The number of rotatable bonds is 5. The Balaban J connectivity index is 1.47. The maximum atomic E-state index is 12.6. The molecule has 2 aliphatic heterocycles. The van der Waals surface area contributed by atoms with Crippen molar-refractivity contribution >= 4 is 51.1 Å². The van der Waals surface area contributed by atoms with Gasteiger partial charge in [-0.2, -0.15) is 0 Å². The molecule has 1 N–H and O–H groups in total. The van der Waals surface area contributed by atoms with Gasteiger partial charge in [0.05, 0.1) is 12.2 Å². The predicted octanol–water partition coefficient (Wildman–Crippen LogP) is 2.45. The highest BCUT2D eigenvalue weighted by Crippen LogP contribution is 2.40. The van der Waals surface area contributed by atoms with E-state index in [0.29, 0.717) is 23.7 Å². The van der Waals surface area contributed by atoms with Crippen LogP contribution in [0.5, 0.6) is 0 Å². The Morgan fingerprint density at radius 3 is 2.96 bits per heavy atom. The van der Waals surface area contributed by atoms with Crippen molar-refractivity contribution < 1.29 is 19.1 Å². The zero-order valence-electron chi connectivity index (χ0n) is 15.1. The van der Waals surface area contributed by atoms with Gasteiger partial charge in [0.2, 0.25) is 11.8 Å². The van der Waals surface area contributed by atoms with Crippen LogP contribution in [-0.4, -0.2) is 52.8 Å². The molecule has 1 saturated heterocycles. The number of esters is 1. The van der Waals surface area contributed by atoms with Gasteiger partial charge in [0.1, 0.15) is 10.3 Å². The number of nitrogens with one attached hydrogen (secondary N) is 1. The molecule has 1 aromatic heterocycles. The van der Waals surface area contributed by atoms with Crippen LogP contribution < -0.4 is 5.32 Å². The van der Waals surface area contributed by atoms with Crippen LogP contribution >= 0.6 is 23.1 Å². The predicted molar refractivity (Wildman–Crippen MR) is 106 cm³/mol. The quantitative estimate of drug-likeness (QED) is 0.758. The lowest BCUT2D eigenvalue weighted by atomic mass is 10.1. The summed E-state index contributed by atoms with van der Waals surface area (Å²) in [5.74, 6) is -0.690. The summed E-state index contributed by atoms with van der Waals surface area (Å²) in [4.78, 5) is 44.7. The standard InChI is InChI=1S/C18H21N3O4S2/c1-2-25-17(24)14-10-5-3-6-11(10)26-15(14)20-13(22)9-12-16(23)21-8-4-7-19-18(21)27-12/h12H,2-9H2,1H3,(H,20,22). The van der Waals surface area contributed by atoms with E-state index in [1.807, 2.05) is 0 Å². The molecule has 3 aliphatic rings. The highest BCUT2D eigenvalue weighted by molar-refractivity contribution is 8.15. The number of aryl methyl sites for hydroxylation is 1. The summed E-state index contributed by atoms with van der Waals surface area (Å²) in [7, 11) is 0. The molecular weight excluding hydrogens is 386 g/mol. The second-order valence-corrected chi connectivity index (χ2v) is 8.92. The molecule has 1 aliphatic carbocycles. The first kappa shape index (κ1) is 18.5. The Kier molecular flexibility index (Phi) is 5.23. The second-order valence-electron chi connectivity index (χ2n) is 6.65. The number of anilines is 1. The maximum absolute atomic E-state index is 12.6. The van der Waals surface area contributed by atoms with Crippen molar-refractivity contribution in [1.82, 2.24) is 4.90 Å². The van der Waals surface area contributed by atoms with Crippen LogP contribution in [0.25, 0.3) is 0 Å². The van der Waals surface area contributed by atoms with Gasteiger partial charge in [0, 0.05) is 24.4 Å². The van der Waals surface area contributed by atoms with E-state index in [9.17, 15) is 14.4 Å². The molecule has 0 aromatic carbocycles. The number of fused-ring (bicyclic) bond motifs is 2. The molecule has 9 heteroatoms. The maximum Gasteiger partial charge on any atom is 0.341 e. The minimum Gasteiger partial charge on any atom is -0.462 e. The van der Waals surface area contributed by atoms with Crippen molar-refractivity contribution in [3.05, 3.63) is 16.0 Å². The largest absolute Gasteiger partial charge is 0.462 e. The van der Waals surface area contributed by atoms with E-state index in [4.69, 9.17) is 4.74 Å². The van der Waals surface area contributed by atoms with Gasteiger partial charge in [-0.1, -0.05) is 11.8 Å². The summed E-state index contributed by atoms with van der Waals surface area (Å²) in [6, 6.07) is 0. The lowest BCUT2D eigenvalue weighted by Gasteiger charge is -2.19.